The molecule has 0 saturated carbocycles. The molecule has 0 spiro atoms. The highest BCUT2D eigenvalue weighted by molar-refractivity contribution is 9.13. The predicted molar refractivity (Wildman–Crippen MR) is 59.3 cm³/mol. The minimum Gasteiger partial charge on any atom is -0.380 e. The van der Waals surface area contributed by atoms with E-state index in [9.17, 15) is 4.79 Å². The number of anilines is 1. The predicted octanol–water partition coefficient (Wildman–Crippen LogP) is 2.26. The highest BCUT2D eigenvalue weighted by Gasteiger charge is 2.16. The molecule has 0 unspecified atom stereocenters. The summed E-state index contributed by atoms with van der Waals surface area (Å²) in [6, 6.07) is 0. The molecule has 0 bridgehead atoms. The van der Waals surface area contributed by atoms with Gasteiger partial charge in [-0.2, -0.15) is 0 Å². The molecule has 70 valence electrons. The third-order valence-corrected chi connectivity index (χ3v) is 3.97. The lowest BCUT2D eigenvalue weighted by Crippen LogP contribution is -2.22. The van der Waals surface area contributed by atoms with E-state index in [0.717, 1.165) is 29.7 Å². The van der Waals surface area contributed by atoms with E-state index in [4.69, 9.17) is 0 Å². The van der Waals surface area contributed by atoms with Crippen LogP contribution in [-0.2, 0) is 6.42 Å². The molecule has 2 rings (SSSR count). The van der Waals surface area contributed by atoms with Crippen molar-refractivity contribution in [3.8, 4) is 0 Å². The van der Waals surface area contributed by atoms with Gasteiger partial charge in [-0.05, 0) is 44.7 Å². The molecule has 0 aromatic carbocycles. The van der Waals surface area contributed by atoms with Crippen molar-refractivity contribution in [2.45, 2.75) is 12.8 Å². The van der Waals surface area contributed by atoms with Crippen molar-refractivity contribution < 1.29 is 0 Å². The van der Waals surface area contributed by atoms with E-state index in [2.05, 4.69) is 42.2 Å². The molecule has 0 aliphatic carbocycles. The highest BCUT2D eigenvalue weighted by Crippen LogP contribution is 2.23. The number of pyridine rings is 1. The van der Waals surface area contributed by atoms with Gasteiger partial charge in [0.2, 0.25) is 5.43 Å². The largest absolute Gasteiger partial charge is 0.380 e. The monoisotopic (exact) mass is 306 g/mol. The summed E-state index contributed by atoms with van der Waals surface area (Å²) in [6.07, 6.45) is 2.00. The summed E-state index contributed by atoms with van der Waals surface area (Å²) in [7, 11) is 0. The molecule has 5 heteroatoms. The van der Waals surface area contributed by atoms with Gasteiger partial charge in [-0.1, -0.05) is 0 Å². The lowest BCUT2D eigenvalue weighted by atomic mass is 10.1. The van der Waals surface area contributed by atoms with Gasteiger partial charge in [0.05, 0.1) is 4.47 Å². The Morgan fingerprint density at radius 1 is 1.31 bits per heavy atom. The van der Waals surface area contributed by atoms with Crippen LogP contribution in [0.15, 0.2) is 13.9 Å². The number of rotatable bonds is 0. The summed E-state index contributed by atoms with van der Waals surface area (Å²) in [4.78, 5) is 14.8. The van der Waals surface area contributed by atoms with Gasteiger partial charge in [0, 0.05) is 12.2 Å². The lowest BCUT2D eigenvalue weighted by Gasteiger charge is -2.17. The maximum atomic E-state index is 11.7. The molecule has 13 heavy (non-hydrogen) atoms. The third kappa shape index (κ3) is 1.55. The molecule has 2 N–H and O–H groups in total. The zero-order chi connectivity index (χ0) is 9.42. The van der Waals surface area contributed by atoms with Crippen molar-refractivity contribution in [1.29, 1.82) is 0 Å². The van der Waals surface area contributed by atoms with Gasteiger partial charge in [-0.25, -0.2) is 0 Å². The molecule has 1 aromatic rings. The Kier molecular flexibility index (Phi) is 2.47. The Hall–Kier alpha value is -0.290. The molecular formula is C8H8Br2N2O. The molecular weight excluding hydrogens is 300 g/mol. The first kappa shape index (κ1) is 9.27. The average Bonchev–Trinajstić information content (AvgIpc) is 2.15. The van der Waals surface area contributed by atoms with Crippen molar-refractivity contribution in [3.63, 3.8) is 0 Å². The molecule has 0 atom stereocenters. The van der Waals surface area contributed by atoms with E-state index in [0.29, 0.717) is 10.2 Å². The van der Waals surface area contributed by atoms with E-state index >= 15 is 0 Å². The quantitative estimate of drug-likeness (QED) is 0.722. The van der Waals surface area contributed by atoms with Crippen LogP contribution in [-0.4, -0.2) is 11.5 Å². The molecule has 1 aliphatic rings. The van der Waals surface area contributed by atoms with Crippen molar-refractivity contribution in [3.05, 3.63) is 25.0 Å². The van der Waals surface area contributed by atoms with Gasteiger partial charge in [0.1, 0.15) is 10.3 Å². The van der Waals surface area contributed by atoms with E-state index in [1.165, 1.54) is 0 Å². The van der Waals surface area contributed by atoms with E-state index in [1.807, 2.05) is 0 Å². The summed E-state index contributed by atoms with van der Waals surface area (Å²) in [5.74, 6) is 0. The van der Waals surface area contributed by atoms with Crippen LogP contribution >= 0.6 is 31.9 Å². The fraction of sp³-hybridized carbons (Fsp3) is 0.375. The summed E-state index contributed by atoms with van der Waals surface area (Å²) in [5.41, 5.74) is 1.73. The van der Waals surface area contributed by atoms with Gasteiger partial charge in [0.25, 0.3) is 0 Å². The Balaban J connectivity index is 2.68. The van der Waals surface area contributed by atoms with Crippen LogP contribution in [0.25, 0.3) is 0 Å². The number of aromatic nitrogens is 1. The minimum atomic E-state index is 0.0281. The van der Waals surface area contributed by atoms with E-state index < -0.39 is 0 Å². The maximum Gasteiger partial charge on any atom is 0.220 e. The fourth-order valence-corrected chi connectivity index (χ4v) is 2.17. The Labute approximate surface area is 92.2 Å². The van der Waals surface area contributed by atoms with Crippen LogP contribution in [0.4, 0.5) is 5.69 Å². The van der Waals surface area contributed by atoms with E-state index in [1.54, 1.807) is 0 Å². The standard InChI is InChI=1S/C8H8Br2N2O/c9-5-7(13)6-4(12-8(5)10)2-1-3-11-6/h11H,1-3H2,(H,12,13). The molecule has 1 aliphatic heterocycles. The van der Waals surface area contributed by atoms with Gasteiger partial charge in [-0.15, -0.1) is 0 Å². The van der Waals surface area contributed by atoms with Crippen LogP contribution in [0.1, 0.15) is 12.1 Å². The topological polar surface area (TPSA) is 44.9 Å². The molecule has 0 amide bonds. The summed E-state index contributed by atoms with van der Waals surface area (Å²) >= 11 is 6.52. The summed E-state index contributed by atoms with van der Waals surface area (Å²) < 4.78 is 1.28. The third-order valence-electron chi connectivity index (χ3n) is 2.09. The van der Waals surface area contributed by atoms with Gasteiger partial charge < -0.3 is 10.3 Å². The highest BCUT2D eigenvalue weighted by atomic mass is 79.9. The fourth-order valence-electron chi connectivity index (χ4n) is 1.45. The number of H-pyrrole nitrogens is 1. The number of hydrogen-bond acceptors (Lipinski definition) is 2. The molecule has 2 heterocycles. The first-order chi connectivity index (χ1) is 6.20. The van der Waals surface area contributed by atoms with Crippen LogP contribution in [0.2, 0.25) is 0 Å². The number of fused-ring (bicyclic) bond motifs is 1. The van der Waals surface area contributed by atoms with Crippen molar-refractivity contribution >= 4 is 37.5 Å². The number of aromatic amines is 1. The van der Waals surface area contributed by atoms with Crippen LogP contribution < -0.4 is 10.7 Å². The second-order valence-electron chi connectivity index (χ2n) is 2.97. The molecule has 0 saturated heterocycles. The van der Waals surface area contributed by atoms with E-state index in [-0.39, 0.29) is 5.43 Å². The summed E-state index contributed by atoms with van der Waals surface area (Å²) in [5, 5.41) is 3.10. The smallest absolute Gasteiger partial charge is 0.220 e. The Morgan fingerprint density at radius 2 is 2.08 bits per heavy atom. The maximum absolute atomic E-state index is 11.7. The van der Waals surface area contributed by atoms with Gasteiger partial charge in [-0.3, -0.25) is 4.79 Å². The molecule has 3 nitrogen and oxygen atoms in total. The zero-order valence-corrected chi connectivity index (χ0v) is 9.96. The van der Waals surface area contributed by atoms with Crippen molar-refractivity contribution in [1.82, 2.24) is 4.98 Å². The number of hydrogen-bond donors (Lipinski definition) is 2. The zero-order valence-electron chi connectivity index (χ0n) is 6.79. The van der Waals surface area contributed by atoms with Crippen molar-refractivity contribution in [2.24, 2.45) is 0 Å². The number of aryl methyl sites for hydroxylation is 1. The SMILES string of the molecule is O=c1c(Br)c(Br)[nH]c2c1NCCC2. The average molecular weight is 308 g/mol. The second-order valence-corrected chi connectivity index (χ2v) is 4.55. The normalized spacial score (nSPS) is 14.9. The Bertz CT molecular complexity index is 400. The molecule has 0 radical (unpaired) electrons. The van der Waals surface area contributed by atoms with Crippen LogP contribution in [0.5, 0.6) is 0 Å². The minimum absolute atomic E-state index is 0.0281. The van der Waals surface area contributed by atoms with Gasteiger partial charge >= 0.3 is 0 Å². The van der Waals surface area contributed by atoms with Gasteiger partial charge in [0.15, 0.2) is 0 Å². The second kappa shape index (κ2) is 3.46. The van der Waals surface area contributed by atoms with Crippen LogP contribution in [0.3, 0.4) is 0 Å². The van der Waals surface area contributed by atoms with Crippen molar-refractivity contribution in [2.75, 3.05) is 11.9 Å². The molecule has 0 fully saturated rings. The number of nitrogens with one attached hydrogen (secondary N) is 2. The number of halogens is 2. The Morgan fingerprint density at radius 3 is 2.85 bits per heavy atom. The first-order valence-electron chi connectivity index (χ1n) is 4.04. The summed E-state index contributed by atoms with van der Waals surface area (Å²) in [6.45, 7) is 0.879. The lowest BCUT2D eigenvalue weighted by molar-refractivity contribution is 0.794. The first-order valence-corrected chi connectivity index (χ1v) is 5.63. The van der Waals surface area contributed by atoms with Crippen LogP contribution in [0, 0.1) is 0 Å². The molecule has 1 aromatic heterocycles.